The van der Waals surface area contributed by atoms with Crippen LogP contribution in [0.25, 0.3) is 0 Å². The number of nitro benzene ring substituents is 1. The molecule has 8 heteroatoms. The molecule has 8 nitrogen and oxygen atoms in total. The summed E-state index contributed by atoms with van der Waals surface area (Å²) in [5, 5.41) is 22.6. The summed E-state index contributed by atoms with van der Waals surface area (Å²) in [7, 11) is 3.83. The molecule has 0 atom stereocenters. The van der Waals surface area contributed by atoms with Crippen molar-refractivity contribution < 1.29 is 19.6 Å². The van der Waals surface area contributed by atoms with E-state index in [1.54, 1.807) is 0 Å². The van der Waals surface area contributed by atoms with Crippen LogP contribution >= 0.6 is 0 Å². The van der Waals surface area contributed by atoms with E-state index in [0.717, 1.165) is 29.4 Å². The van der Waals surface area contributed by atoms with Crippen molar-refractivity contribution in [1.29, 1.82) is 0 Å². The highest BCUT2D eigenvalue weighted by Crippen LogP contribution is 2.18. The summed E-state index contributed by atoms with van der Waals surface area (Å²) < 4.78 is 0. The fraction of sp³-hybridized carbons (Fsp3) is 0.176. The minimum absolute atomic E-state index is 0.122. The predicted molar refractivity (Wildman–Crippen MR) is 92.0 cm³/mol. The predicted octanol–water partition coefficient (Wildman–Crippen LogP) is 2.29. The van der Waals surface area contributed by atoms with Crippen LogP contribution in [0.15, 0.2) is 42.5 Å². The Morgan fingerprint density at radius 2 is 1.76 bits per heavy atom. The number of carboxylic acids is 1. The number of carbonyl (C=O) groups excluding carboxylic acids is 1. The fourth-order valence-electron chi connectivity index (χ4n) is 2.21. The van der Waals surface area contributed by atoms with Gasteiger partial charge in [0.05, 0.1) is 16.1 Å². The van der Waals surface area contributed by atoms with Gasteiger partial charge in [-0.25, -0.2) is 4.79 Å². The van der Waals surface area contributed by atoms with Crippen LogP contribution in [-0.4, -0.2) is 36.0 Å². The van der Waals surface area contributed by atoms with Crippen LogP contribution < -0.4 is 10.2 Å². The topological polar surface area (TPSA) is 113 Å². The first-order chi connectivity index (χ1) is 11.8. The summed E-state index contributed by atoms with van der Waals surface area (Å²) in [5.41, 5.74) is 0.947. The van der Waals surface area contributed by atoms with E-state index in [0.29, 0.717) is 0 Å². The zero-order chi connectivity index (χ0) is 18.6. The molecule has 2 N–H and O–H groups in total. The van der Waals surface area contributed by atoms with E-state index in [1.165, 1.54) is 0 Å². The quantitative estimate of drug-likeness (QED) is 0.614. The largest absolute Gasteiger partial charge is 0.478 e. The van der Waals surface area contributed by atoms with E-state index < -0.39 is 22.4 Å². The first-order valence-electron chi connectivity index (χ1n) is 7.36. The summed E-state index contributed by atoms with van der Waals surface area (Å²) in [6, 6.07) is 10.6. The fourth-order valence-corrected chi connectivity index (χ4v) is 2.21. The number of non-ortho nitro benzene ring substituents is 1. The van der Waals surface area contributed by atoms with E-state index >= 15 is 0 Å². The number of aromatic carboxylic acids is 1. The summed E-state index contributed by atoms with van der Waals surface area (Å²) in [6.45, 7) is 0.211. The second-order valence-corrected chi connectivity index (χ2v) is 5.54. The van der Waals surface area contributed by atoms with Crippen LogP contribution in [0.5, 0.6) is 0 Å². The number of carboxylic acid groups (broad SMARTS) is 1. The Morgan fingerprint density at radius 3 is 2.28 bits per heavy atom. The van der Waals surface area contributed by atoms with Gasteiger partial charge < -0.3 is 15.3 Å². The highest BCUT2D eigenvalue weighted by atomic mass is 16.6. The molecule has 0 spiro atoms. The minimum atomic E-state index is -1.40. The first-order valence-corrected chi connectivity index (χ1v) is 7.36. The lowest BCUT2D eigenvalue weighted by Gasteiger charge is -2.13. The molecule has 25 heavy (non-hydrogen) atoms. The highest BCUT2D eigenvalue weighted by Gasteiger charge is 2.20. The molecule has 2 aromatic carbocycles. The molecule has 0 aliphatic rings. The van der Waals surface area contributed by atoms with Crippen LogP contribution in [-0.2, 0) is 6.54 Å². The maximum atomic E-state index is 12.2. The average molecular weight is 343 g/mol. The second kappa shape index (κ2) is 7.43. The van der Waals surface area contributed by atoms with Gasteiger partial charge in [-0.15, -0.1) is 0 Å². The van der Waals surface area contributed by atoms with Gasteiger partial charge in [-0.05, 0) is 23.8 Å². The molecule has 0 saturated carbocycles. The number of rotatable bonds is 6. The lowest BCUT2D eigenvalue weighted by atomic mass is 10.1. The number of nitrogens with one attached hydrogen (secondary N) is 1. The molecule has 2 aromatic rings. The number of amides is 1. The second-order valence-electron chi connectivity index (χ2n) is 5.54. The van der Waals surface area contributed by atoms with Crippen molar-refractivity contribution in [1.82, 2.24) is 5.32 Å². The lowest BCUT2D eigenvalue weighted by molar-refractivity contribution is -0.384. The maximum Gasteiger partial charge on any atom is 0.336 e. The third-order valence-corrected chi connectivity index (χ3v) is 3.59. The Labute approximate surface area is 143 Å². The monoisotopic (exact) mass is 343 g/mol. The SMILES string of the molecule is CN(C)c1ccc(CNC(=O)c2ccc([N+](=O)[O-])cc2C(=O)O)cc1. The molecule has 0 unspecified atom stereocenters. The van der Waals surface area contributed by atoms with Crippen molar-refractivity contribution in [2.75, 3.05) is 19.0 Å². The molecule has 0 heterocycles. The Bertz CT molecular complexity index is 816. The van der Waals surface area contributed by atoms with Crippen molar-refractivity contribution >= 4 is 23.3 Å². The van der Waals surface area contributed by atoms with Gasteiger partial charge in [0, 0.05) is 38.5 Å². The Kier molecular flexibility index (Phi) is 5.33. The zero-order valence-electron chi connectivity index (χ0n) is 13.7. The molecule has 0 aliphatic carbocycles. The van der Waals surface area contributed by atoms with Gasteiger partial charge in [0.25, 0.3) is 11.6 Å². The molecule has 0 aromatic heterocycles. The van der Waals surface area contributed by atoms with E-state index in [-0.39, 0.29) is 17.8 Å². The number of carbonyl (C=O) groups is 2. The van der Waals surface area contributed by atoms with E-state index in [4.69, 9.17) is 0 Å². The standard InChI is InChI=1S/C17H17N3O5/c1-19(2)12-5-3-11(4-6-12)10-18-16(21)14-8-7-13(20(24)25)9-15(14)17(22)23/h3-9H,10H2,1-2H3,(H,18,21)(H,22,23). The highest BCUT2D eigenvalue weighted by molar-refractivity contribution is 6.05. The Morgan fingerprint density at radius 1 is 1.12 bits per heavy atom. The molecule has 0 saturated heterocycles. The number of hydrogen-bond donors (Lipinski definition) is 2. The van der Waals surface area contributed by atoms with E-state index in [2.05, 4.69) is 5.32 Å². The lowest BCUT2D eigenvalue weighted by Crippen LogP contribution is -2.25. The molecule has 0 aliphatic heterocycles. The van der Waals surface area contributed by atoms with Crippen molar-refractivity contribution in [3.63, 3.8) is 0 Å². The third kappa shape index (κ3) is 4.31. The number of anilines is 1. The van der Waals surface area contributed by atoms with Crippen LogP contribution in [0.4, 0.5) is 11.4 Å². The number of hydrogen-bond acceptors (Lipinski definition) is 5. The summed E-state index contributed by atoms with van der Waals surface area (Å²) in [5.74, 6) is -2.01. The molecule has 2 rings (SSSR count). The van der Waals surface area contributed by atoms with Gasteiger partial charge in [0.1, 0.15) is 0 Å². The summed E-state index contributed by atoms with van der Waals surface area (Å²) >= 11 is 0. The average Bonchev–Trinajstić information content (AvgIpc) is 2.59. The Hall–Kier alpha value is -3.42. The van der Waals surface area contributed by atoms with Crippen molar-refractivity contribution in [2.24, 2.45) is 0 Å². The molecule has 0 fully saturated rings. The minimum Gasteiger partial charge on any atom is -0.478 e. The molecular formula is C17H17N3O5. The van der Waals surface area contributed by atoms with Gasteiger partial charge in [0.2, 0.25) is 0 Å². The van der Waals surface area contributed by atoms with Crippen LogP contribution in [0, 0.1) is 10.1 Å². The Balaban J connectivity index is 2.15. The van der Waals surface area contributed by atoms with Crippen molar-refractivity contribution in [2.45, 2.75) is 6.54 Å². The van der Waals surface area contributed by atoms with Gasteiger partial charge in [-0.1, -0.05) is 12.1 Å². The molecular weight excluding hydrogens is 326 g/mol. The number of nitro groups is 1. The summed E-state index contributed by atoms with van der Waals surface area (Å²) in [4.78, 5) is 35.5. The van der Waals surface area contributed by atoms with Gasteiger partial charge in [-0.2, -0.15) is 0 Å². The molecule has 1 amide bonds. The number of nitrogens with zero attached hydrogens (tertiary/aromatic N) is 2. The van der Waals surface area contributed by atoms with Crippen molar-refractivity contribution in [3.8, 4) is 0 Å². The van der Waals surface area contributed by atoms with Crippen LogP contribution in [0.2, 0.25) is 0 Å². The molecule has 130 valence electrons. The maximum absolute atomic E-state index is 12.2. The normalized spacial score (nSPS) is 10.2. The first kappa shape index (κ1) is 17.9. The van der Waals surface area contributed by atoms with Gasteiger partial charge in [-0.3, -0.25) is 14.9 Å². The van der Waals surface area contributed by atoms with Crippen LogP contribution in [0.3, 0.4) is 0 Å². The third-order valence-electron chi connectivity index (χ3n) is 3.59. The van der Waals surface area contributed by atoms with Crippen molar-refractivity contribution in [3.05, 3.63) is 69.3 Å². The van der Waals surface area contributed by atoms with Gasteiger partial charge >= 0.3 is 5.97 Å². The smallest absolute Gasteiger partial charge is 0.336 e. The van der Waals surface area contributed by atoms with E-state index in [9.17, 15) is 24.8 Å². The zero-order valence-corrected chi connectivity index (χ0v) is 13.7. The van der Waals surface area contributed by atoms with E-state index in [1.807, 2.05) is 43.3 Å². The van der Waals surface area contributed by atoms with Crippen LogP contribution in [0.1, 0.15) is 26.3 Å². The summed E-state index contributed by atoms with van der Waals surface area (Å²) in [6.07, 6.45) is 0. The number of benzene rings is 2. The van der Waals surface area contributed by atoms with Gasteiger partial charge in [0.15, 0.2) is 0 Å². The molecule has 0 radical (unpaired) electrons. The molecule has 0 bridgehead atoms.